The molecule has 0 spiro atoms. The summed E-state index contributed by atoms with van der Waals surface area (Å²) in [6.45, 7) is 17.0. The molecule has 9 nitrogen and oxygen atoms in total. The molecule has 1 heterocycles. The van der Waals surface area contributed by atoms with Crippen molar-refractivity contribution in [3.63, 3.8) is 0 Å². The molecule has 0 saturated heterocycles. The van der Waals surface area contributed by atoms with Crippen LogP contribution in [0.25, 0.3) is 0 Å². The average molecular weight is 642 g/mol. The van der Waals surface area contributed by atoms with Crippen molar-refractivity contribution in [1.29, 1.82) is 0 Å². The molecule has 0 bridgehead atoms. The van der Waals surface area contributed by atoms with E-state index in [1.807, 2.05) is 51.2 Å². The third-order valence-corrected chi connectivity index (χ3v) is 6.58. The Hall–Kier alpha value is -2.82. The van der Waals surface area contributed by atoms with E-state index in [0.29, 0.717) is 32.0 Å². The van der Waals surface area contributed by atoms with E-state index in [0.717, 1.165) is 18.4 Å². The van der Waals surface area contributed by atoms with Crippen molar-refractivity contribution in [2.75, 3.05) is 26.8 Å². The van der Waals surface area contributed by atoms with Crippen LogP contribution >= 0.6 is 0 Å². The van der Waals surface area contributed by atoms with Crippen LogP contribution in [-0.4, -0.2) is 67.7 Å². The Morgan fingerprint density at radius 3 is 2.00 bits per heavy atom. The van der Waals surface area contributed by atoms with Gasteiger partial charge in [-0.3, -0.25) is 14.6 Å². The summed E-state index contributed by atoms with van der Waals surface area (Å²) in [6.07, 6.45) is 15.2. The molecule has 0 aliphatic rings. The lowest BCUT2D eigenvalue weighted by atomic mass is 9.73. The first-order valence-electron chi connectivity index (χ1n) is 17.6. The molecular weight excluding hydrogens is 577 g/mol. The maximum atomic E-state index is 13.5. The summed E-state index contributed by atoms with van der Waals surface area (Å²) in [6, 6.07) is 8.78. The van der Waals surface area contributed by atoms with Gasteiger partial charge >= 0.3 is 7.12 Å². The maximum absolute atomic E-state index is 13.5. The van der Waals surface area contributed by atoms with Gasteiger partial charge in [0.05, 0.1) is 12.1 Å². The van der Waals surface area contributed by atoms with Gasteiger partial charge < -0.3 is 25.3 Å². The lowest BCUT2D eigenvalue weighted by Crippen LogP contribution is -2.56. The lowest BCUT2D eigenvalue weighted by molar-refractivity contribution is -0.123. The normalized spacial score (nSPS) is 11.8. The fourth-order valence-electron chi connectivity index (χ4n) is 4.39. The summed E-state index contributed by atoms with van der Waals surface area (Å²) in [5.41, 5.74) is 1.09. The lowest BCUT2D eigenvalue weighted by Gasteiger charge is -2.28. The zero-order valence-electron chi connectivity index (χ0n) is 30.1. The van der Waals surface area contributed by atoms with Crippen molar-refractivity contribution in [1.82, 2.24) is 25.9 Å². The largest absolute Gasteiger partial charge is 0.480 e. The van der Waals surface area contributed by atoms with Crippen LogP contribution < -0.4 is 16.0 Å². The number of unbranched alkanes of at least 4 members (excludes halogenated alkanes) is 4. The third-order valence-electron chi connectivity index (χ3n) is 6.58. The van der Waals surface area contributed by atoms with Crippen LogP contribution in [-0.2, 0) is 20.5 Å². The van der Waals surface area contributed by atoms with E-state index in [1.165, 1.54) is 63.7 Å². The van der Waals surface area contributed by atoms with Crippen LogP contribution in [0.4, 0.5) is 0 Å². The minimum absolute atomic E-state index is 0.155. The maximum Gasteiger partial charge on any atom is 0.480 e. The predicted octanol–water partition coefficient (Wildman–Crippen LogP) is 6.82. The molecule has 0 aliphatic heterocycles. The highest BCUT2D eigenvalue weighted by molar-refractivity contribution is 6.47. The molecule has 3 N–H and O–H groups in total. The molecule has 0 fully saturated rings. The number of carbonyl (C=O) groups excluding carboxylic acids is 2. The summed E-state index contributed by atoms with van der Waals surface area (Å²) >= 11 is 0. The van der Waals surface area contributed by atoms with Crippen molar-refractivity contribution in [3.8, 4) is 0 Å². The molecular formula is C36H64BN5O4. The molecule has 1 aromatic heterocycles. The van der Waals surface area contributed by atoms with Gasteiger partial charge in [0.25, 0.3) is 5.91 Å². The minimum atomic E-state index is -0.801. The fraction of sp³-hybridized carbons (Fsp3) is 0.667. The number of carbonyl (C=O) groups is 2. The highest BCUT2D eigenvalue weighted by Crippen LogP contribution is 2.13. The van der Waals surface area contributed by atoms with Gasteiger partial charge in [-0.2, -0.15) is 0 Å². The van der Waals surface area contributed by atoms with Crippen LogP contribution in [0.1, 0.15) is 122 Å². The number of hydrogen-bond acceptors (Lipinski definition) is 7. The first-order chi connectivity index (χ1) is 22.3. The molecule has 46 heavy (non-hydrogen) atoms. The van der Waals surface area contributed by atoms with Crippen molar-refractivity contribution in [3.05, 3.63) is 60.2 Å². The van der Waals surface area contributed by atoms with Gasteiger partial charge in [-0.1, -0.05) is 111 Å². The zero-order valence-corrected chi connectivity index (χ0v) is 30.1. The molecule has 10 heteroatoms. The minimum Gasteiger partial charge on any atom is -0.410 e. The number of aromatic nitrogens is 2. The number of hydrogen-bond donors (Lipinski definition) is 3. The first kappa shape index (κ1) is 43.2. The Balaban J connectivity index is 0.00000143. The topological polar surface area (TPSA) is 114 Å². The Morgan fingerprint density at radius 1 is 0.848 bits per heavy atom. The molecule has 260 valence electrons. The second-order valence-corrected chi connectivity index (χ2v) is 11.9. The molecule has 0 radical (unpaired) electrons. The quantitative estimate of drug-likeness (QED) is 0.101. The van der Waals surface area contributed by atoms with Crippen molar-refractivity contribution >= 4 is 18.9 Å². The first-order valence-corrected chi connectivity index (χ1v) is 17.6. The standard InChI is InChI=1S/C25H37BN4O4.C8H19N.C3H8/c1-5-14-33-26(34-15-6-2)23(16-19(3)4)30-24(31)21(17-20-10-8-7-9-11-20)29-25(32)22-18-27-12-13-28-22;1-3-4-5-6-7-8-9-2;1-3-2/h7-13,18-19,21,23H,5-6,14-17H2,1-4H3,(H,29,32)(H,30,31);9H,3-8H2,1-2H3;3H2,1-2H3/t21-,23-;;/m0../s1. The van der Waals surface area contributed by atoms with E-state index in [1.54, 1.807) is 0 Å². The van der Waals surface area contributed by atoms with Gasteiger partial charge in [0.1, 0.15) is 11.7 Å². The van der Waals surface area contributed by atoms with Crippen molar-refractivity contribution in [2.45, 2.75) is 125 Å². The van der Waals surface area contributed by atoms with Gasteiger partial charge in [-0.25, -0.2) is 4.98 Å². The van der Waals surface area contributed by atoms with Gasteiger partial charge in [0.15, 0.2) is 0 Å². The summed E-state index contributed by atoms with van der Waals surface area (Å²) in [5, 5.41) is 9.08. The van der Waals surface area contributed by atoms with E-state index in [-0.39, 0.29) is 17.5 Å². The van der Waals surface area contributed by atoms with Crippen LogP contribution in [0.15, 0.2) is 48.9 Å². The third kappa shape index (κ3) is 21.8. The highest BCUT2D eigenvalue weighted by atomic mass is 16.6. The van der Waals surface area contributed by atoms with Crippen LogP contribution in [0.3, 0.4) is 0 Å². The Bertz CT molecular complexity index is 971. The molecule has 2 rings (SSSR count). The monoisotopic (exact) mass is 642 g/mol. The average Bonchev–Trinajstić information content (AvgIpc) is 3.05. The number of amides is 2. The van der Waals surface area contributed by atoms with Gasteiger partial charge in [-0.15, -0.1) is 0 Å². The van der Waals surface area contributed by atoms with Crippen LogP contribution in [0.2, 0.25) is 0 Å². The summed E-state index contributed by atoms with van der Waals surface area (Å²) in [5.74, 6) is -0.787. The zero-order chi connectivity index (χ0) is 34.4. The van der Waals surface area contributed by atoms with Crippen molar-refractivity contribution < 1.29 is 18.9 Å². The highest BCUT2D eigenvalue weighted by Gasteiger charge is 2.34. The molecule has 0 saturated carbocycles. The van der Waals surface area contributed by atoms with E-state index in [2.05, 4.69) is 60.5 Å². The molecule has 1 aromatic carbocycles. The van der Waals surface area contributed by atoms with Gasteiger partial charge in [-0.05, 0) is 50.8 Å². The summed E-state index contributed by atoms with van der Waals surface area (Å²) in [4.78, 5) is 34.3. The van der Waals surface area contributed by atoms with E-state index >= 15 is 0 Å². The summed E-state index contributed by atoms with van der Waals surface area (Å²) < 4.78 is 11.9. The van der Waals surface area contributed by atoms with Gasteiger partial charge in [0.2, 0.25) is 5.91 Å². The molecule has 2 aromatic rings. The SMILES string of the molecule is CCC.CCCCCCCNC.CCCOB(OCCC)[C@H](CC(C)C)NC(=O)[C@H](Cc1ccccc1)NC(=O)c1cnccn1. The number of nitrogens with zero attached hydrogens (tertiary/aromatic N) is 2. The number of rotatable bonds is 21. The predicted molar refractivity (Wildman–Crippen MR) is 192 cm³/mol. The molecule has 2 amide bonds. The Morgan fingerprint density at radius 2 is 1.48 bits per heavy atom. The Labute approximate surface area is 281 Å². The number of nitrogens with one attached hydrogen (secondary N) is 3. The van der Waals surface area contributed by atoms with E-state index in [9.17, 15) is 9.59 Å². The second-order valence-electron chi connectivity index (χ2n) is 11.9. The Kier molecular flexibility index (Phi) is 27.8. The van der Waals surface area contributed by atoms with E-state index < -0.39 is 19.1 Å². The smallest absolute Gasteiger partial charge is 0.410 e. The molecule has 2 atom stereocenters. The summed E-state index contributed by atoms with van der Waals surface area (Å²) in [7, 11) is 1.46. The molecule has 0 aliphatic carbocycles. The molecule has 0 unspecified atom stereocenters. The van der Waals surface area contributed by atoms with E-state index in [4.69, 9.17) is 9.31 Å². The van der Waals surface area contributed by atoms with Crippen LogP contribution in [0, 0.1) is 5.92 Å². The fourth-order valence-corrected chi connectivity index (χ4v) is 4.39. The second kappa shape index (κ2) is 29.6. The number of benzene rings is 1. The van der Waals surface area contributed by atoms with Gasteiger partial charge in [0, 0.05) is 32.0 Å². The van der Waals surface area contributed by atoms with Crippen molar-refractivity contribution in [2.24, 2.45) is 5.92 Å². The van der Waals surface area contributed by atoms with Crippen LogP contribution in [0.5, 0.6) is 0 Å².